The molecule has 3 saturated heterocycles. The molecular weight excluding hydrogens is 506 g/mol. The number of rotatable bonds is 8. The van der Waals surface area contributed by atoms with E-state index in [1.54, 1.807) is 0 Å². The van der Waals surface area contributed by atoms with E-state index in [-0.39, 0.29) is 0 Å². The largest absolute Gasteiger partial charge is 0.394 e. The fourth-order valence-corrected chi connectivity index (χ4v) is 4.55. The first-order valence-corrected chi connectivity index (χ1v) is 11.7. The number of nitrogens with one attached hydrogen (secondary N) is 1. The fourth-order valence-electron chi connectivity index (χ4n) is 4.55. The van der Waals surface area contributed by atoms with Gasteiger partial charge in [-0.3, -0.25) is 4.79 Å². The van der Waals surface area contributed by atoms with Gasteiger partial charge in [0.15, 0.2) is 18.9 Å². The van der Waals surface area contributed by atoms with Crippen LogP contribution >= 0.6 is 0 Å². The Labute approximate surface area is 211 Å². The van der Waals surface area contributed by atoms with E-state index in [9.17, 15) is 45.6 Å². The lowest BCUT2D eigenvalue weighted by Crippen LogP contribution is -2.70. The average Bonchev–Trinajstić information content (AvgIpc) is 2.87. The topological polar surface area (TPSA) is 289 Å². The molecule has 1 amide bonds. The lowest BCUT2D eigenvalue weighted by atomic mass is 9.94. The molecule has 3 aliphatic rings. The Morgan fingerprint density at radius 2 is 1.24 bits per heavy atom. The second-order valence-corrected chi connectivity index (χ2v) is 9.24. The molecule has 0 spiro atoms. The van der Waals surface area contributed by atoms with Crippen molar-refractivity contribution in [2.75, 3.05) is 19.8 Å². The number of aliphatic hydroxyl groups excluding tert-OH is 8. The summed E-state index contributed by atoms with van der Waals surface area (Å²) >= 11 is 0. The van der Waals surface area contributed by atoms with Crippen molar-refractivity contribution in [1.82, 2.24) is 5.32 Å². The minimum absolute atomic E-state index is 0.627. The molecule has 17 heteroatoms. The van der Waals surface area contributed by atoms with E-state index >= 15 is 0 Å². The average molecular weight is 544 g/mol. The number of amides is 1. The fraction of sp³-hybridized carbons (Fsp3) is 0.950. The van der Waals surface area contributed by atoms with Crippen LogP contribution in [0.15, 0.2) is 0 Å². The van der Waals surface area contributed by atoms with Gasteiger partial charge in [-0.1, -0.05) is 0 Å². The van der Waals surface area contributed by atoms with Crippen molar-refractivity contribution in [3.05, 3.63) is 0 Å². The summed E-state index contributed by atoms with van der Waals surface area (Å²) in [6.07, 6.45) is -17.6. The van der Waals surface area contributed by atoms with E-state index in [4.69, 9.17) is 35.2 Å². The predicted octanol–water partition coefficient (Wildman–Crippen LogP) is -7.50. The standard InChI is InChI=1S/C20H37N3O14/c1-5(27)23-11-15(31)17(36-19-10(22)13(29)12(28)6(2-24)34-19)8(4-26)35-20(11)37-16-7(3-25)33-18(32)9(21)14(16)30/h6-20,24-26,28-32H,2-4,21-22H2,1H3,(H,23,27)/t6-,7-,8-,9-,10-,11-,12-,13-,14-,15-,16-,17-,18-,19+,20+/m1/s1. The second-order valence-electron chi connectivity index (χ2n) is 9.24. The maximum Gasteiger partial charge on any atom is 0.217 e. The van der Waals surface area contributed by atoms with Crippen molar-refractivity contribution in [1.29, 1.82) is 0 Å². The van der Waals surface area contributed by atoms with Crippen molar-refractivity contribution >= 4 is 5.91 Å². The normalized spacial score (nSPS) is 49.0. The first-order chi connectivity index (χ1) is 17.4. The van der Waals surface area contributed by atoms with Gasteiger partial charge < -0.3 is 81.3 Å². The molecule has 0 radical (unpaired) electrons. The Bertz CT molecular complexity index is 749. The minimum Gasteiger partial charge on any atom is -0.394 e. The third-order valence-electron chi connectivity index (χ3n) is 6.65. The van der Waals surface area contributed by atoms with Gasteiger partial charge in [-0.25, -0.2) is 0 Å². The third-order valence-corrected chi connectivity index (χ3v) is 6.65. The maximum absolute atomic E-state index is 11.9. The highest BCUT2D eigenvalue weighted by atomic mass is 16.7. The molecule has 3 fully saturated rings. The van der Waals surface area contributed by atoms with Crippen LogP contribution in [-0.2, 0) is 28.5 Å². The Hall–Kier alpha value is -1.13. The van der Waals surface area contributed by atoms with Gasteiger partial charge in [-0.2, -0.15) is 0 Å². The highest BCUT2D eigenvalue weighted by Crippen LogP contribution is 2.31. The predicted molar refractivity (Wildman–Crippen MR) is 117 cm³/mol. The van der Waals surface area contributed by atoms with Gasteiger partial charge in [0.05, 0.1) is 31.9 Å². The molecule has 37 heavy (non-hydrogen) atoms. The van der Waals surface area contributed by atoms with Crippen LogP contribution in [0.2, 0.25) is 0 Å². The quantitative estimate of drug-likeness (QED) is 0.135. The lowest BCUT2D eigenvalue weighted by Gasteiger charge is -2.49. The Morgan fingerprint density at radius 1 is 0.730 bits per heavy atom. The van der Waals surface area contributed by atoms with E-state index in [0.29, 0.717) is 0 Å². The summed E-state index contributed by atoms with van der Waals surface area (Å²) < 4.78 is 27.8. The summed E-state index contributed by atoms with van der Waals surface area (Å²) in [6, 6.07) is -4.04. The van der Waals surface area contributed by atoms with Gasteiger partial charge in [-0.15, -0.1) is 0 Å². The molecule has 3 rings (SSSR count). The summed E-state index contributed by atoms with van der Waals surface area (Å²) in [5.74, 6) is -0.627. The first-order valence-electron chi connectivity index (χ1n) is 11.7. The van der Waals surface area contributed by atoms with Crippen molar-refractivity contribution in [3.8, 4) is 0 Å². The molecule has 0 bridgehead atoms. The van der Waals surface area contributed by atoms with Crippen molar-refractivity contribution in [2.45, 2.75) is 98.9 Å². The van der Waals surface area contributed by atoms with Crippen LogP contribution < -0.4 is 16.8 Å². The van der Waals surface area contributed by atoms with Gasteiger partial charge in [-0.05, 0) is 0 Å². The van der Waals surface area contributed by atoms with E-state index < -0.39 is 118 Å². The monoisotopic (exact) mass is 543 g/mol. The Balaban J connectivity index is 1.83. The van der Waals surface area contributed by atoms with Gasteiger partial charge in [0, 0.05) is 6.92 Å². The van der Waals surface area contributed by atoms with Gasteiger partial charge in [0.2, 0.25) is 5.91 Å². The summed E-state index contributed by atoms with van der Waals surface area (Å²) in [5, 5.41) is 83.1. The summed E-state index contributed by atoms with van der Waals surface area (Å²) in [6.45, 7) is -0.992. The van der Waals surface area contributed by atoms with Crippen molar-refractivity contribution in [2.24, 2.45) is 11.5 Å². The van der Waals surface area contributed by atoms with Crippen LogP contribution in [0, 0.1) is 0 Å². The van der Waals surface area contributed by atoms with Crippen LogP contribution in [0.1, 0.15) is 6.92 Å². The summed E-state index contributed by atoms with van der Waals surface area (Å²) in [5.41, 5.74) is 11.6. The van der Waals surface area contributed by atoms with Gasteiger partial charge in [0.25, 0.3) is 0 Å². The number of hydrogen-bond donors (Lipinski definition) is 11. The van der Waals surface area contributed by atoms with Crippen molar-refractivity contribution < 1.29 is 69.3 Å². The molecule has 0 aromatic rings. The highest BCUT2D eigenvalue weighted by Gasteiger charge is 2.53. The molecule has 17 nitrogen and oxygen atoms in total. The molecule has 15 atom stereocenters. The number of ether oxygens (including phenoxy) is 5. The zero-order chi connectivity index (χ0) is 27.6. The molecule has 13 N–H and O–H groups in total. The Kier molecular flexibility index (Phi) is 10.5. The van der Waals surface area contributed by atoms with E-state index in [0.717, 1.165) is 6.92 Å². The summed E-state index contributed by atoms with van der Waals surface area (Å²) in [7, 11) is 0. The van der Waals surface area contributed by atoms with Gasteiger partial charge >= 0.3 is 0 Å². The molecule has 0 saturated carbocycles. The number of nitrogens with two attached hydrogens (primary N) is 2. The van der Waals surface area contributed by atoms with E-state index in [1.165, 1.54) is 0 Å². The van der Waals surface area contributed by atoms with E-state index in [1.807, 2.05) is 0 Å². The molecule has 3 aliphatic heterocycles. The maximum atomic E-state index is 11.9. The summed E-state index contributed by atoms with van der Waals surface area (Å²) in [4.78, 5) is 11.9. The third kappa shape index (κ3) is 6.38. The van der Waals surface area contributed by atoms with Crippen molar-refractivity contribution in [3.63, 3.8) is 0 Å². The van der Waals surface area contributed by atoms with Crippen LogP contribution in [0.4, 0.5) is 0 Å². The Morgan fingerprint density at radius 3 is 1.81 bits per heavy atom. The minimum atomic E-state index is -1.67. The van der Waals surface area contributed by atoms with Crippen LogP contribution in [0.5, 0.6) is 0 Å². The van der Waals surface area contributed by atoms with Crippen LogP contribution in [0.3, 0.4) is 0 Å². The molecule has 0 aromatic heterocycles. The van der Waals surface area contributed by atoms with Gasteiger partial charge in [0.1, 0.15) is 61.0 Å². The number of aliphatic hydroxyl groups is 8. The number of carbonyl (C=O) groups is 1. The molecule has 3 heterocycles. The molecule has 0 aromatic carbocycles. The molecule has 216 valence electrons. The van der Waals surface area contributed by atoms with E-state index in [2.05, 4.69) is 5.32 Å². The zero-order valence-corrected chi connectivity index (χ0v) is 20.0. The second kappa shape index (κ2) is 12.8. The van der Waals surface area contributed by atoms with Crippen LogP contribution in [0.25, 0.3) is 0 Å². The molecular formula is C20H37N3O14. The zero-order valence-electron chi connectivity index (χ0n) is 20.0. The van der Waals surface area contributed by atoms with Crippen LogP contribution in [-0.4, -0.2) is 159 Å². The molecule has 0 aliphatic carbocycles. The smallest absolute Gasteiger partial charge is 0.217 e. The molecule has 0 unspecified atom stereocenters. The first kappa shape index (κ1) is 30.4. The lowest BCUT2D eigenvalue weighted by molar-refractivity contribution is -0.350. The number of carbonyl (C=O) groups excluding carboxylic acids is 1. The number of hydrogen-bond acceptors (Lipinski definition) is 16. The highest BCUT2D eigenvalue weighted by molar-refractivity contribution is 5.73. The SMILES string of the molecule is CC(=O)N[C@H]1[C@H](O[C@H]2[C@H](O)[C@@H](N)[C@H](O)O[C@@H]2CO)O[C@H](CO)[C@@H](O[C@@H]2O[C@H](CO)[C@@H](O)[C@H](O)[C@H]2N)[C@@H]1O.